The van der Waals surface area contributed by atoms with E-state index in [0.29, 0.717) is 13.1 Å². The Morgan fingerprint density at radius 1 is 0.769 bits per heavy atom. The Morgan fingerprint density at radius 3 is 0.846 bits per heavy atom. The molecule has 0 aromatic heterocycles. The summed E-state index contributed by atoms with van der Waals surface area (Å²) < 4.78 is 0. The fraction of sp³-hybridized carbons (Fsp3) is 1.00. The van der Waals surface area contributed by atoms with Crippen molar-refractivity contribution in [1.82, 2.24) is 0 Å². The van der Waals surface area contributed by atoms with Crippen molar-refractivity contribution < 1.29 is 36.1 Å². The average molecular weight is 359 g/mol. The molecule has 0 aliphatic carbocycles. The van der Waals surface area contributed by atoms with Gasteiger partial charge in [0.05, 0.1) is 0 Å². The Kier molecular flexibility index (Phi) is 176. The molecule has 13 heavy (non-hydrogen) atoms. The Morgan fingerprint density at radius 2 is 0.846 bits per heavy atom. The van der Waals surface area contributed by atoms with Crippen LogP contribution in [0.2, 0.25) is 0 Å². The first kappa shape index (κ1) is 29.2. The summed E-state index contributed by atoms with van der Waals surface area (Å²) in [5.74, 6) is 0. The van der Waals surface area contributed by atoms with Gasteiger partial charge in [-0.05, 0) is 0 Å². The molecule has 0 unspecified atom stereocenters. The average Bonchev–Trinajstić information content (AvgIpc) is 2.23. The molecule has 0 bridgehead atoms. The number of nitrogens with one attached hydrogen (secondary N) is 2. The fourth-order valence-electron chi connectivity index (χ4n) is 0. The SMILES string of the molecule is CCC[NH-].CCC[NH-].CO.CO.[Hf]. The van der Waals surface area contributed by atoms with Crippen LogP contribution in [0.1, 0.15) is 26.7 Å². The van der Waals surface area contributed by atoms with Crippen LogP contribution in [0.5, 0.6) is 0 Å². The van der Waals surface area contributed by atoms with E-state index >= 15 is 0 Å². The summed E-state index contributed by atoms with van der Waals surface area (Å²) >= 11 is 0. The molecule has 4 N–H and O–H groups in total. The summed E-state index contributed by atoms with van der Waals surface area (Å²) in [6.07, 6.45) is 1.97. The summed E-state index contributed by atoms with van der Waals surface area (Å²) in [5.41, 5.74) is 12.9. The second-order valence-corrected chi connectivity index (χ2v) is 1.50. The molecule has 5 heteroatoms. The molecule has 0 aliphatic heterocycles. The van der Waals surface area contributed by atoms with E-state index in [-0.39, 0.29) is 25.8 Å². The standard InChI is InChI=1S/2C3H8N.2CH4O.Hf/c2*1-2-3-4;2*1-2;/h2*4H,2-3H2,1H3;2*2H,1H3;/q2*-1;;;. The first-order chi connectivity index (χ1) is 5.83. The van der Waals surface area contributed by atoms with Crippen LogP contribution in [-0.4, -0.2) is 37.5 Å². The monoisotopic (exact) mass is 360 g/mol. The molecular weight excluding hydrogens is 335 g/mol. The van der Waals surface area contributed by atoms with Crippen molar-refractivity contribution in [2.24, 2.45) is 0 Å². The molecule has 0 aliphatic rings. The van der Waals surface area contributed by atoms with Gasteiger partial charge in [0.25, 0.3) is 0 Å². The minimum Gasteiger partial charge on any atom is -0.677 e. The number of aliphatic hydroxyl groups is 2. The Hall–Kier alpha value is 0.710. The maximum Gasteiger partial charge on any atom is 0.0319 e. The van der Waals surface area contributed by atoms with Crippen molar-refractivity contribution in [2.75, 3.05) is 27.3 Å². The molecule has 0 aromatic rings. The van der Waals surface area contributed by atoms with Gasteiger partial charge in [-0.1, -0.05) is 26.7 Å². The third-order valence-electron chi connectivity index (χ3n) is 0.500. The molecule has 0 heterocycles. The molecule has 4 nitrogen and oxygen atoms in total. The maximum absolute atomic E-state index is 7.00. The van der Waals surface area contributed by atoms with Crippen LogP contribution in [0.3, 0.4) is 0 Å². The number of rotatable bonds is 2. The van der Waals surface area contributed by atoms with Crippen LogP contribution in [0.4, 0.5) is 0 Å². The summed E-state index contributed by atoms with van der Waals surface area (Å²) in [6, 6.07) is 0. The van der Waals surface area contributed by atoms with Gasteiger partial charge in [0, 0.05) is 40.1 Å². The van der Waals surface area contributed by atoms with Gasteiger partial charge >= 0.3 is 0 Å². The molecule has 0 rings (SSSR count). The molecular formula is C8H24HfN2O2-2. The van der Waals surface area contributed by atoms with Crippen molar-refractivity contribution in [3.63, 3.8) is 0 Å². The van der Waals surface area contributed by atoms with Gasteiger partial charge < -0.3 is 21.7 Å². The van der Waals surface area contributed by atoms with E-state index in [1.54, 1.807) is 0 Å². The first-order valence-corrected chi connectivity index (χ1v) is 4.02. The van der Waals surface area contributed by atoms with Crippen LogP contribution < -0.4 is 0 Å². The molecule has 0 saturated carbocycles. The third-order valence-corrected chi connectivity index (χ3v) is 0.500. The minimum absolute atomic E-state index is 0. The Balaban J connectivity index is -0.0000000226. The van der Waals surface area contributed by atoms with Crippen molar-refractivity contribution >= 4 is 0 Å². The van der Waals surface area contributed by atoms with E-state index in [1.807, 2.05) is 13.8 Å². The minimum atomic E-state index is 0. The predicted octanol–water partition coefficient (Wildman–Crippen LogP) is 2.11. The first-order valence-electron chi connectivity index (χ1n) is 4.02. The van der Waals surface area contributed by atoms with E-state index in [0.717, 1.165) is 27.1 Å². The summed E-state index contributed by atoms with van der Waals surface area (Å²) in [7, 11) is 2.00. The second-order valence-electron chi connectivity index (χ2n) is 1.50. The molecule has 0 atom stereocenters. The molecule has 0 radical (unpaired) electrons. The van der Waals surface area contributed by atoms with E-state index in [1.165, 1.54) is 0 Å². The van der Waals surface area contributed by atoms with E-state index in [2.05, 4.69) is 0 Å². The zero-order chi connectivity index (χ0) is 10.8. The largest absolute Gasteiger partial charge is 0.677 e. The van der Waals surface area contributed by atoms with E-state index < -0.39 is 0 Å². The third kappa shape index (κ3) is 198. The Bertz CT molecular complexity index is 28.1. The molecule has 0 saturated heterocycles. The normalized spacial score (nSPS) is 5.54. The molecule has 0 fully saturated rings. The number of hydrogen-bond donors (Lipinski definition) is 2. The molecule has 84 valence electrons. The topological polar surface area (TPSA) is 88.1 Å². The number of hydrogen-bond acceptors (Lipinski definition) is 2. The smallest absolute Gasteiger partial charge is 0.0319 e. The van der Waals surface area contributed by atoms with Crippen LogP contribution in [0, 0.1) is 0 Å². The van der Waals surface area contributed by atoms with Gasteiger partial charge in [0.1, 0.15) is 0 Å². The predicted molar refractivity (Wildman–Crippen MR) is 55.2 cm³/mol. The zero-order valence-corrected chi connectivity index (χ0v) is 12.8. The van der Waals surface area contributed by atoms with Gasteiger partial charge in [0.2, 0.25) is 0 Å². The van der Waals surface area contributed by atoms with Crippen LogP contribution in [-0.2, 0) is 25.8 Å². The summed E-state index contributed by atoms with van der Waals surface area (Å²) in [4.78, 5) is 0. The summed E-state index contributed by atoms with van der Waals surface area (Å²) in [6.45, 7) is 5.12. The Labute approximate surface area is 101 Å². The quantitative estimate of drug-likeness (QED) is 0.740. The van der Waals surface area contributed by atoms with Crippen LogP contribution >= 0.6 is 0 Å². The number of aliphatic hydroxyl groups excluding tert-OH is 2. The molecule has 0 amide bonds. The maximum atomic E-state index is 7.00. The molecule has 0 aromatic carbocycles. The van der Waals surface area contributed by atoms with Crippen LogP contribution in [0.25, 0.3) is 11.5 Å². The van der Waals surface area contributed by atoms with Gasteiger partial charge in [-0.15, -0.1) is 0 Å². The van der Waals surface area contributed by atoms with Crippen molar-refractivity contribution in [3.05, 3.63) is 11.5 Å². The molecule has 0 spiro atoms. The van der Waals surface area contributed by atoms with Gasteiger partial charge in [0.15, 0.2) is 0 Å². The zero-order valence-electron chi connectivity index (χ0n) is 9.22. The van der Waals surface area contributed by atoms with Crippen molar-refractivity contribution in [1.29, 1.82) is 0 Å². The van der Waals surface area contributed by atoms with E-state index in [4.69, 9.17) is 21.7 Å². The summed E-state index contributed by atoms with van der Waals surface area (Å²) in [5, 5.41) is 14.0. The van der Waals surface area contributed by atoms with Gasteiger partial charge in [-0.3, -0.25) is 0 Å². The fourth-order valence-corrected chi connectivity index (χ4v) is 0. The second kappa shape index (κ2) is 78.6. The van der Waals surface area contributed by atoms with E-state index in [9.17, 15) is 0 Å². The van der Waals surface area contributed by atoms with Gasteiger partial charge in [-0.2, -0.15) is 13.1 Å². The van der Waals surface area contributed by atoms with Gasteiger partial charge in [-0.25, -0.2) is 0 Å². The van der Waals surface area contributed by atoms with Crippen LogP contribution in [0.15, 0.2) is 0 Å². The van der Waals surface area contributed by atoms with Crippen molar-refractivity contribution in [3.8, 4) is 0 Å². The van der Waals surface area contributed by atoms with Crippen molar-refractivity contribution in [2.45, 2.75) is 26.7 Å².